The van der Waals surface area contributed by atoms with Gasteiger partial charge in [0.1, 0.15) is 11.5 Å². The van der Waals surface area contributed by atoms with Crippen molar-refractivity contribution in [2.75, 3.05) is 11.1 Å². The molecule has 0 aliphatic rings. The van der Waals surface area contributed by atoms with Crippen LogP contribution in [-0.4, -0.2) is 4.98 Å². The Balaban J connectivity index is 2.18. The highest BCUT2D eigenvalue weighted by atomic mass is 19.4. The van der Waals surface area contributed by atoms with Crippen molar-refractivity contribution in [3.63, 3.8) is 0 Å². The Kier molecular flexibility index (Phi) is 3.83. The fraction of sp³-hybridized carbons (Fsp3) is 0.214. The lowest BCUT2D eigenvalue weighted by molar-refractivity contribution is -0.141. The zero-order valence-electron chi connectivity index (χ0n) is 10.8. The fourth-order valence-corrected chi connectivity index (χ4v) is 1.81. The Morgan fingerprint density at radius 1 is 1.15 bits per heavy atom. The average Bonchev–Trinajstić information content (AvgIpc) is 2.38. The molecule has 3 N–H and O–H groups in total. The first kappa shape index (κ1) is 14.2. The molecule has 1 aromatic carbocycles. The van der Waals surface area contributed by atoms with Crippen molar-refractivity contribution in [3.05, 3.63) is 53.7 Å². The van der Waals surface area contributed by atoms with Gasteiger partial charge in [-0.1, -0.05) is 18.2 Å². The summed E-state index contributed by atoms with van der Waals surface area (Å²) in [5, 5.41) is 2.93. The minimum absolute atomic E-state index is 0.176. The smallest absolute Gasteiger partial charge is 0.399 e. The maximum absolute atomic E-state index is 12.6. The van der Waals surface area contributed by atoms with Gasteiger partial charge in [0.25, 0.3) is 0 Å². The molecular formula is C14H14F3N3. The second-order valence-electron chi connectivity index (χ2n) is 4.44. The van der Waals surface area contributed by atoms with Gasteiger partial charge in [0, 0.05) is 5.69 Å². The van der Waals surface area contributed by atoms with E-state index in [1.165, 1.54) is 12.1 Å². The van der Waals surface area contributed by atoms with Crippen LogP contribution in [0, 0.1) is 0 Å². The van der Waals surface area contributed by atoms with Crippen LogP contribution in [0.4, 0.5) is 24.7 Å². The monoisotopic (exact) mass is 281 g/mol. The molecule has 3 nitrogen and oxygen atoms in total. The topological polar surface area (TPSA) is 50.9 Å². The van der Waals surface area contributed by atoms with Crippen molar-refractivity contribution in [2.24, 2.45) is 0 Å². The minimum atomic E-state index is -4.45. The number of hydrogen-bond donors (Lipinski definition) is 2. The van der Waals surface area contributed by atoms with Crippen molar-refractivity contribution in [3.8, 4) is 0 Å². The van der Waals surface area contributed by atoms with E-state index in [0.717, 1.165) is 11.6 Å². The molecule has 2 aromatic rings. The molecule has 20 heavy (non-hydrogen) atoms. The average molecular weight is 281 g/mol. The fourth-order valence-electron chi connectivity index (χ4n) is 1.81. The summed E-state index contributed by atoms with van der Waals surface area (Å²) in [7, 11) is 0. The van der Waals surface area contributed by atoms with Gasteiger partial charge in [-0.15, -0.1) is 0 Å². The molecule has 1 unspecified atom stereocenters. The lowest BCUT2D eigenvalue weighted by Gasteiger charge is -2.16. The van der Waals surface area contributed by atoms with E-state index in [1.807, 2.05) is 13.0 Å². The van der Waals surface area contributed by atoms with E-state index in [9.17, 15) is 13.2 Å². The molecule has 0 radical (unpaired) electrons. The Bertz CT molecular complexity index is 596. The number of halogens is 3. The zero-order chi connectivity index (χ0) is 14.8. The van der Waals surface area contributed by atoms with Crippen LogP contribution in [0.25, 0.3) is 0 Å². The Morgan fingerprint density at radius 2 is 1.85 bits per heavy atom. The number of hydrogen-bond acceptors (Lipinski definition) is 3. The normalized spacial score (nSPS) is 13.0. The molecule has 6 heteroatoms. The molecule has 0 bridgehead atoms. The van der Waals surface area contributed by atoms with Crippen molar-refractivity contribution in [2.45, 2.75) is 19.1 Å². The number of pyridine rings is 1. The quantitative estimate of drug-likeness (QED) is 0.840. The van der Waals surface area contributed by atoms with Crippen molar-refractivity contribution >= 4 is 11.5 Å². The Labute approximate surface area is 114 Å². The summed E-state index contributed by atoms with van der Waals surface area (Å²) >= 11 is 0. The second-order valence-corrected chi connectivity index (χ2v) is 4.44. The molecule has 1 aromatic heterocycles. The number of aromatic nitrogens is 1. The van der Waals surface area contributed by atoms with Gasteiger partial charge in [-0.25, -0.2) is 4.98 Å². The summed E-state index contributed by atoms with van der Waals surface area (Å²) in [4.78, 5) is 3.56. The highest BCUT2D eigenvalue weighted by Gasteiger charge is 2.32. The van der Waals surface area contributed by atoms with Crippen molar-refractivity contribution in [1.29, 1.82) is 0 Å². The van der Waals surface area contributed by atoms with Gasteiger partial charge in [-0.3, -0.25) is 0 Å². The molecule has 0 amide bonds. The maximum atomic E-state index is 12.6. The third-order valence-corrected chi connectivity index (χ3v) is 2.81. The first-order valence-corrected chi connectivity index (χ1v) is 6.02. The molecule has 0 aliphatic carbocycles. The van der Waals surface area contributed by atoms with E-state index in [4.69, 9.17) is 5.73 Å². The van der Waals surface area contributed by atoms with Gasteiger partial charge >= 0.3 is 6.18 Å². The van der Waals surface area contributed by atoms with Crippen molar-refractivity contribution in [1.82, 2.24) is 4.98 Å². The van der Waals surface area contributed by atoms with E-state index >= 15 is 0 Å². The van der Waals surface area contributed by atoms with Crippen LogP contribution in [0.3, 0.4) is 0 Å². The number of nitrogens with one attached hydrogen (secondary N) is 1. The van der Waals surface area contributed by atoms with Gasteiger partial charge in [0.05, 0.1) is 6.04 Å². The molecule has 0 fully saturated rings. The van der Waals surface area contributed by atoms with Gasteiger partial charge in [-0.2, -0.15) is 13.2 Å². The summed E-state index contributed by atoms with van der Waals surface area (Å²) in [6.45, 7) is 1.83. The van der Waals surface area contributed by atoms with Crippen LogP contribution in [0.5, 0.6) is 0 Å². The number of rotatable bonds is 3. The molecular weight excluding hydrogens is 267 g/mol. The molecule has 1 atom stereocenters. The molecule has 0 saturated heterocycles. The highest BCUT2D eigenvalue weighted by Crippen LogP contribution is 2.29. The third kappa shape index (κ3) is 3.40. The Morgan fingerprint density at radius 3 is 2.50 bits per heavy atom. The molecule has 106 valence electrons. The first-order chi connectivity index (χ1) is 9.36. The maximum Gasteiger partial charge on any atom is 0.433 e. The van der Waals surface area contributed by atoms with Crippen LogP contribution >= 0.6 is 0 Å². The third-order valence-electron chi connectivity index (χ3n) is 2.81. The predicted octanol–water partition coefficient (Wildman–Crippen LogP) is 3.86. The van der Waals surface area contributed by atoms with E-state index in [0.29, 0.717) is 5.69 Å². The van der Waals surface area contributed by atoms with Crippen LogP contribution < -0.4 is 11.1 Å². The van der Waals surface area contributed by atoms with Crippen molar-refractivity contribution < 1.29 is 13.2 Å². The lowest BCUT2D eigenvalue weighted by Crippen LogP contribution is -2.12. The lowest BCUT2D eigenvalue weighted by atomic mass is 10.1. The summed E-state index contributed by atoms with van der Waals surface area (Å²) in [6, 6.07) is 10.7. The summed E-state index contributed by atoms with van der Waals surface area (Å²) in [6.07, 6.45) is -4.45. The summed E-state index contributed by atoms with van der Waals surface area (Å²) in [5.41, 5.74) is 6.25. The van der Waals surface area contributed by atoms with Gasteiger partial charge in [0.15, 0.2) is 0 Å². The van der Waals surface area contributed by atoms with Crippen LogP contribution in [0.2, 0.25) is 0 Å². The van der Waals surface area contributed by atoms with E-state index in [-0.39, 0.29) is 11.9 Å². The first-order valence-electron chi connectivity index (χ1n) is 6.02. The number of anilines is 2. The SMILES string of the molecule is CC(Nc1cccc(C(F)(F)F)n1)c1cccc(N)c1. The summed E-state index contributed by atoms with van der Waals surface area (Å²) < 4.78 is 37.7. The largest absolute Gasteiger partial charge is 0.433 e. The zero-order valence-corrected chi connectivity index (χ0v) is 10.8. The predicted molar refractivity (Wildman–Crippen MR) is 72.1 cm³/mol. The summed E-state index contributed by atoms with van der Waals surface area (Å²) in [5.74, 6) is 0.176. The number of nitrogens with two attached hydrogens (primary N) is 1. The Hall–Kier alpha value is -2.24. The van der Waals surface area contributed by atoms with E-state index < -0.39 is 11.9 Å². The van der Waals surface area contributed by atoms with Crippen LogP contribution in [0.1, 0.15) is 24.2 Å². The van der Waals surface area contributed by atoms with Gasteiger partial charge in [-0.05, 0) is 36.8 Å². The van der Waals surface area contributed by atoms with Crippen LogP contribution in [-0.2, 0) is 6.18 Å². The van der Waals surface area contributed by atoms with Gasteiger partial charge < -0.3 is 11.1 Å². The highest BCUT2D eigenvalue weighted by molar-refractivity contribution is 5.45. The molecule has 0 saturated carbocycles. The number of nitrogens with zero attached hydrogens (tertiary/aromatic N) is 1. The number of benzene rings is 1. The molecule has 0 spiro atoms. The van der Waals surface area contributed by atoms with E-state index in [2.05, 4.69) is 10.3 Å². The molecule has 0 aliphatic heterocycles. The van der Waals surface area contributed by atoms with E-state index in [1.54, 1.807) is 18.2 Å². The number of nitrogen functional groups attached to an aromatic ring is 1. The standard InChI is InChI=1S/C14H14F3N3/c1-9(10-4-2-5-11(18)8-10)19-13-7-3-6-12(20-13)14(15,16)17/h2-9H,18H2,1H3,(H,19,20). The minimum Gasteiger partial charge on any atom is -0.399 e. The number of alkyl halides is 3. The molecule has 2 rings (SSSR count). The van der Waals surface area contributed by atoms with Gasteiger partial charge in [0.2, 0.25) is 0 Å². The van der Waals surface area contributed by atoms with Crippen LogP contribution in [0.15, 0.2) is 42.5 Å². The molecule has 1 heterocycles. The second kappa shape index (κ2) is 5.40.